The van der Waals surface area contributed by atoms with Crippen molar-refractivity contribution >= 4 is 16.3 Å². The van der Waals surface area contributed by atoms with E-state index in [1.54, 1.807) is 12.1 Å². The van der Waals surface area contributed by atoms with Gasteiger partial charge in [0, 0.05) is 13.1 Å². The summed E-state index contributed by atoms with van der Waals surface area (Å²) in [5.41, 5.74) is 0.975. The number of benzene rings is 1. The number of hydrogen-bond donors (Lipinski definition) is 1. The highest BCUT2D eigenvalue weighted by molar-refractivity contribution is 7.17. The second-order valence-corrected chi connectivity index (χ2v) is 8.11. The van der Waals surface area contributed by atoms with Gasteiger partial charge in [0.15, 0.2) is 0 Å². The number of likely N-dealkylation sites (tertiary alicyclic amines) is 1. The summed E-state index contributed by atoms with van der Waals surface area (Å²) < 4.78 is 14.9. The number of aromatic nitrogens is 3. The van der Waals surface area contributed by atoms with E-state index < -0.39 is 0 Å². The topological polar surface area (TPSA) is 53.7 Å². The Bertz CT molecular complexity index is 865. The van der Waals surface area contributed by atoms with Crippen molar-refractivity contribution < 1.29 is 9.50 Å². The van der Waals surface area contributed by atoms with Gasteiger partial charge < -0.3 is 5.11 Å². The summed E-state index contributed by atoms with van der Waals surface area (Å²) >= 11 is 1.44. The molecule has 5 nitrogen and oxygen atoms in total. The largest absolute Gasteiger partial charge is 0.492 e. The lowest BCUT2D eigenvalue weighted by Gasteiger charge is -2.40. The molecule has 1 fully saturated rings. The summed E-state index contributed by atoms with van der Waals surface area (Å²) in [7, 11) is 0. The van der Waals surface area contributed by atoms with Gasteiger partial charge in [-0.05, 0) is 36.0 Å². The molecule has 0 saturated carbocycles. The van der Waals surface area contributed by atoms with Crippen LogP contribution < -0.4 is 0 Å². The van der Waals surface area contributed by atoms with E-state index >= 15 is 0 Å². The Morgan fingerprint density at radius 2 is 1.88 bits per heavy atom. The van der Waals surface area contributed by atoms with Crippen LogP contribution in [-0.4, -0.2) is 37.7 Å². The number of hydrogen-bond acceptors (Lipinski definition) is 5. The SMILES string of the molecule is C[C@@H]1C[C@H](C)CN([C@H](c2ccc(F)cc2)c2sc3ncnn3c2O)C1. The average molecular weight is 360 g/mol. The minimum absolute atomic E-state index is 0.123. The van der Waals surface area contributed by atoms with Crippen LogP contribution in [0.25, 0.3) is 4.96 Å². The fourth-order valence-corrected chi connectivity index (χ4v) is 5.06. The number of rotatable bonds is 3. The summed E-state index contributed by atoms with van der Waals surface area (Å²) in [6.45, 7) is 6.40. The second-order valence-electron chi connectivity index (χ2n) is 7.10. The van der Waals surface area contributed by atoms with E-state index in [0.717, 1.165) is 23.5 Å². The van der Waals surface area contributed by atoms with Crippen LogP contribution in [0.3, 0.4) is 0 Å². The van der Waals surface area contributed by atoms with Crippen LogP contribution in [0.5, 0.6) is 5.88 Å². The molecule has 1 saturated heterocycles. The molecule has 0 aliphatic carbocycles. The molecule has 1 aliphatic heterocycles. The smallest absolute Gasteiger partial charge is 0.230 e. The zero-order chi connectivity index (χ0) is 17.6. The number of fused-ring (bicyclic) bond motifs is 1. The average Bonchev–Trinajstić information content (AvgIpc) is 3.13. The number of piperidine rings is 1. The fraction of sp³-hybridized carbons (Fsp3) is 0.444. The minimum atomic E-state index is -0.255. The summed E-state index contributed by atoms with van der Waals surface area (Å²) in [4.78, 5) is 8.06. The van der Waals surface area contributed by atoms with Crippen molar-refractivity contribution in [1.82, 2.24) is 19.5 Å². The van der Waals surface area contributed by atoms with Gasteiger partial charge >= 0.3 is 0 Å². The highest BCUT2D eigenvalue weighted by Gasteiger charge is 2.33. The van der Waals surface area contributed by atoms with Crippen LogP contribution in [0.4, 0.5) is 4.39 Å². The van der Waals surface area contributed by atoms with Crippen LogP contribution in [-0.2, 0) is 0 Å². The molecule has 0 spiro atoms. The Kier molecular flexibility index (Phi) is 4.21. The van der Waals surface area contributed by atoms with Crippen molar-refractivity contribution in [2.75, 3.05) is 13.1 Å². The van der Waals surface area contributed by atoms with Gasteiger partial charge in [0.05, 0.1) is 10.9 Å². The quantitative estimate of drug-likeness (QED) is 0.774. The highest BCUT2D eigenvalue weighted by atomic mass is 32.1. The maximum absolute atomic E-state index is 13.4. The molecule has 1 aliphatic rings. The van der Waals surface area contributed by atoms with Crippen molar-refractivity contribution in [3.63, 3.8) is 0 Å². The minimum Gasteiger partial charge on any atom is -0.492 e. The van der Waals surface area contributed by atoms with Gasteiger partial charge in [-0.25, -0.2) is 9.37 Å². The summed E-state index contributed by atoms with van der Waals surface area (Å²) in [5.74, 6) is 1.03. The predicted octanol–water partition coefficient (Wildman–Crippen LogP) is 3.70. The third-order valence-corrected chi connectivity index (χ3v) is 5.92. The zero-order valence-electron chi connectivity index (χ0n) is 14.3. The molecule has 25 heavy (non-hydrogen) atoms. The maximum atomic E-state index is 13.4. The molecular weight excluding hydrogens is 339 g/mol. The maximum Gasteiger partial charge on any atom is 0.230 e. The van der Waals surface area contributed by atoms with Gasteiger partial charge in [-0.2, -0.15) is 9.61 Å². The van der Waals surface area contributed by atoms with Crippen molar-refractivity contribution in [2.24, 2.45) is 11.8 Å². The third kappa shape index (κ3) is 3.02. The Morgan fingerprint density at radius 1 is 1.20 bits per heavy atom. The number of aromatic hydroxyl groups is 1. The summed E-state index contributed by atoms with van der Waals surface area (Å²) in [6.07, 6.45) is 2.64. The van der Waals surface area contributed by atoms with Gasteiger partial charge in [0.2, 0.25) is 10.8 Å². The van der Waals surface area contributed by atoms with Gasteiger partial charge in [-0.3, -0.25) is 4.90 Å². The summed E-state index contributed by atoms with van der Waals surface area (Å²) in [6, 6.07) is 6.44. The van der Waals surface area contributed by atoms with Gasteiger partial charge in [-0.1, -0.05) is 37.3 Å². The van der Waals surface area contributed by atoms with Gasteiger partial charge in [0.25, 0.3) is 0 Å². The Labute approximate surface area is 149 Å². The van der Waals surface area contributed by atoms with E-state index in [0.29, 0.717) is 16.8 Å². The molecular formula is C18H21FN4OS. The fourth-order valence-electron chi connectivity index (χ4n) is 3.97. The van der Waals surface area contributed by atoms with Crippen molar-refractivity contribution in [2.45, 2.75) is 26.3 Å². The van der Waals surface area contributed by atoms with Gasteiger partial charge in [-0.15, -0.1) is 0 Å². The first-order valence-corrected chi connectivity index (χ1v) is 9.35. The van der Waals surface area contributed by atoms with Crippen molar-refractivity contribution in [3.05, 3.63) is 46.9 Å². The van der Waals surface area contributed by atoms with E-state index in [2.05, 4.69) is 28.8 Å². The van der Waals surface area contributed by atoms with Crippen LogP contribution in [0, 0.1) is 17.7 Å². The molecule has 1 N–H and O–H groups in total. The van der Waals surface area contributed by atoms with Gasteiger partial charge in [0.1, 0.15) is 12.1 Å². The molecule has 7 heteroatoms. The van der Waals surface area contributed by atoms with Crippen molar-refractivity contribution in [1.29, 1.82) is 0 Å². The Hall–Kier alpha value is -1.99. The predicted molar refractivity (Wildman–Crippen MR) is 95.3 cm³/mol. The molecule has 3 heterocycles. The lowest BCUT2D eigenvalue weighted by Crippen LogP contribution is -2.41. The molecule has 4 rings (SSSR count). The van der Waals surface area contributed by atoms with E-state index in [1.807, 2.05) is 0 Å². The first kappa shape index (κ1) is 16.5. The molecule has 0 unspecified atom stereocenters. The standard InChI is InChI=1S/C18H21FN4OS/c1-11-7-12(2)9-22(8-11)15(13-3-5-14(19)6-4-13)16-17(24)23-18(25-16)20-10-21-23/h3-6,10-12,15,24H,7-9H2,1-2H3/t11-,12+,15-/m1/s1. The first-order chi connectivity index (χ1) is 12.0. The molecule has 3 atom stereocenters. The van der Waals surface area contributed by atoms with Crippen LogP contribution in [0.15, 0.2) is 30.6 Å². The Morgan fingerprint density at radius 3 is 2.52 bits per heavy atom. The highest BCUT2D eigenvalue weighted by Crippen LogP contribution is 2.41. The van der Waals surface area contributed by atoms with Crippen molar-refractivity contribution in [3.8, 4) is 5.88 Å². The molecule has 132 valence electrons. The first-order valence-electron chi connectivity index (χ1n) is 8.54. The number of halogens is 1. The lowest BCUT2D eigenvalue weighted by molar-refractivity contribution is 0.112. The Balaban J connectivity index is 1.81. The summed E-state index contributed by atoms with van der Waals surface area (Å²) in [5, 5.41) is 14.8. The van der Waals surface area contributed by atoms with Crippen LogP contribution in [0.1, 0.15) is 36.8 Å². The zero-order valence-corrected chi connectivity index (χ0v) is 15.1. The molecule has 3 aromatic rings. The third-order valence-electron chi connectivity index (χ3n) is 4.84. The number of nitrogens with zero attached hydrogens (tertiary/aromatic N) is 4. The molecule has 1 aromatic carbocycles. The second kappa shape index (κ2) is 6.38. The van der Waals surface area contributed by atoms with Crippen LogP contribution >= 0.6 is 11.3 Å². The van der Waals surface area contributed by atoms with E-state index in [4.69, 9.17) is 0 Å². The lowest BCUT2D eigenvalue weighted by atomic mass is 9.89. The molecule has 0 radical (unpaired) electrons. The monoisotopic (exact) mass is 360 g/mol. The molecule has 0 bridgehead atoms. The normalized spacial score (nSPS) is 23.2. The van der Waals surface area contributed by atoms with E-state index in [-0.39, 0.29) is 17.7 Å². The van der Waals surface area contributed by atoms with E-state index in [9.17, 15) is 9.50 Å². The molecule has 2 aromatic heterocycles. The molecule has 0 amide bonds. The van der Waals surface area contributed by atoms with Crippen LogP contribution in [0.2, 0.25) is 0 Å². The number of thiazole rings is 1. The van der Waals surface area contributed by atoms with E-state index in [1.165, 1.54) is 40.7 Å².